The fraction of sp³-hybridized carbons (Fsp3) is 0.211. The Balaban J connectivity index is 1.73. The van der Waals surface area contributed by atoms with E-state index in [9.17, 15) is 4.79 Å². The summed E-state index contributed by atoms with van der Waals surface area (Å²) in [5.74, 6) is 0.550. The lowest BCUT2D eigenvalue weighted by Crippen LogP contribution is -2.30. The molecule has 7 heteroatoms. The van der Waals surface area contributed by atoms with E-state index in [1.807, 2.05) is 32.0 Å². The van der Waals surface area contributed by atoms with Crippen molar-refractivity contribution in [3.05, 3.63) is 58.6 Å². The van der Waals surface area contributed by atoms with E-state index in [-0.39, 0.29) is 11.7 Å². The molecule has 0 bridgehead atoms. The molecule has 1 N–H and O–H groups in total. The minimum absolute atomic E-state index is 0.230. The first-order valence-electron chi connectivity index (χ1n) is 8.08. The fourth-order valence-corrected chi connectivity index (χ4v) is 2.51. The van der Waals surface area contributed by atoms with Gasteiger partial charge >= 0.3 is 0 Å². The van der Waals surface area contributed by atoms with Crippen LogP contribution in [0.1, 0.15) is 18.1 Å². The Hall–Kier alpha value is -2.86. The highest BCUT2D eigenvalue weighted by Gasteiger charge is 2.21. The topological polar surface area (TPSA) is 77.2 Å². The van der Waals surface area contributed by atoms with E-state index in [1.54, 1.807) is 31.2 Å². The second-order valence-corrected chi connectivity index (χ2v) is 6.35. The predicted octanol–water partition coefficient (Wildman–Crippen LogP) is 4.41. The van der Waals surface area contributed by atoms with Crippen LogP contribution in [0.3, 0.4) is 0 Å². The maximum Gasteiger partial charge on any atom is 0.266 e. The Labute approximate surface area is 156 Å². The smallest absolute Gasteiger partial charge is 0.266 e. The van der Waals surface area contributed by atoms with Gasteiger partial charge in [-0.3, -0.25) is 4.79 Å². The van der Waals surface area contributed by atoms with Crippen molar-refractivity contribution in [3.63, 3.8) is 0 Å². The third-order valence-electron chi connectivity index (χ3n) is 4.08. The molecule has 1 amide bonds. The van der Waals surface area contributed by atoms with Crippen LogP contribution < -0.4 is 10.1 Å². The van der Waals surface area contributed by atoms with Crippen LogP contribution in [0, 0.1) is 13.8 Å². The van der Waals surface area contributed by atoms with Gasteiger partial charge < -0.3 is 10.1 Å². The second-order valence-electron chi connectivity index (χ2n) is 5.92. The van der Waals surface area contributed by atoms with Gasteiger partial charge in [0.15, 0.2) is 11.8 Å². The lowest BCUT2D eigenvalue weighted by atomic mass is 10.1. The Kier molecular flexibility index (Phi) is 5.23. The number of rotatable bonds is 5. The van der Waals surface area contributed by atoms with Crippen molar-refractivity contribution in [1.29, 1.82) is 0 Å². The number of anilines is 1. The molecular formula is C19H18ClN3O3. The molecule has 1 atom stereocenters. The van der Waals surface area contributed by atoms with E-state index in [0.29, 0.717) is 16.5 Å². The van der Waals surface area contributed by atoms with E-state index in [1.165, 1.54) is 0 Å². The Morgan fingerprint density at radius 3 is 2.62 bits per heavy atom. The molecule has 0 fully saturated rings. The minimum Gasteiger partial charge on any atom is -0.481 e. The number of halogens is 1. The van der Waals surface area contributed by atoms with Crippen molar-refractivity contribution in [3.8, 4) is 17.0 Å². The zero-order valence-corrected chi connectivity index (χ0v) is 15.4. The third-order valence-corrected chi connectivity index (χ3v) is 4.33. The largest absolute Gasteiger partial charge is 0.481 e. The van der Waals surface area contributed by atoms with Gasteiger partial charge in [-0.25, -0.2) is 4.63 Å². The van der Waals surface area contributed by atoms with Crippen LogP contribution in [0.25, 0.3) is 11.3 Å². The van der Waals surface area contributed by atoms with Gasteiger partial charge in [-0.1, -0.05) is 35.9 Å². The standard InChI is InChI=1S/C19H18ClN3O3/c1-11-5-4-6-16(12(11)2)25-13(3)19(24)21-18-17(22-26-23-18)14-7-9-15(20)10-8-14/h4-10,13H,1-3H3,(H,21,23,24)/t13-/m1/s1. The van der Waals surface area contributed by atoms with Crippen molar-refractivity contribution >= 4 is 23.3 Å². The predicted molar refractivity (Wildman–Crippen MR) is 99.4 cm³/mol. The number of ether oxygens (including phenoxy) is 1. The van der Waals surface area contributed by atoms with Gasteiger partial charge in [-0.05, 0) is 60.4 Å². The van der Waals surface area contributed by atoms with Crippen molar-refractivity contribution < 1.29 is 14.2 Å². The van der Waals surface area contributed by atoms with Crippen LogP contribution >= 0.6 is 11.6 Å². The minimum atomic E-state index is -0.717. The lowest BCUT2D eigenvalue weighted by molar-refractivity contribution is -0.122. The second kappa shape index (κ2) is 7.58. The van der Waals surface area contributed by atoms with Crippen LogP contribution in [-0.2, 0) is 4.79 Å². The van der Waals surface area contributed by atoms with Gasteiger partial charge in [0.05, 0.1) is 0 Å². The SMILES string of the molecule is Cc1cccc(O[C@H](C)C(=O)Nc2nonc2-c2ccc(Cl)cc2)c1C. The molecule has 0 aliphatic heterocycles. The van der Waals surface area contributed by atoms with Crippen LogP contribution in [0.5, 0.6) is 5.75 Å². The first kappa shape index (κ1) is 17.9. The van der Waals surface area contributed by atoms with Crippen molar-refractivity contribution in [1.82, 2.24) is 10.3 Å². The number of benzene rings is 2. The van der Waals surface area contributed by atoms with Gasteiger partial charge in [0.25, 0.3) is 5.91 Å². The van der Waals surface area contributed by atoms with Gasteiger partial charge in [0, 0.05) is 10.6 Å². The molecule has 26 heavy (non-hydrogen) atoms. The molecule has 2 aromatic carbocycles. The maximum atomic E-state index is 12.5. The number of amides is 1. The van der Waals surface area contributed by atoms with E-state index in [0.717, 1.165) is 16.7 Å². The molecule has 0 saturated heterocycles. The third kappa shape index (κ3) is 3.86. The first-order valence-corrected chi connectivity index (χ1v) is 8.45. The summed E-state index contributed by atoms with van der Waals surface area (Å²) in [7, 11) is 0. The molecular weight excluding hydrogens is 354 g/mol. The van der Waals surface area contributed by atoms with Crippen LogP contribution in [0.15, 0.2) is 47.1 Å². The Morgan fingerprint density at radius 2 is 1.88 bits per heavy atom. The molecule has 0 unspecified atom stereocenters. The summed E-state index contributed by atoms with van der Waals surface area (Å²) in [6, 6.07) is 12.7. The number of nitrogens with zero attached hydrogens (tertiary/aromatic N) is 2. The van der Waals surface area contributed by atoms with Gasteiger partial charge in [-0.2, -0.15) is 0 Å². The van der Waals surface area contributed by atoms with E-state index < -0.39 is 6.10 Å². The van der Waals surface area contributed by atoms with Crippen LogP contribution in [-0.4, -0.2) is 22.3 Å². The fourth-order valence-electron chi connectivity index (χ4n) is 2.38. The monoisotopic (exact) mass is 371 g/mol. The molecule has 0 saturated carbocycles. The van der Waals surface area contributed by atoms with Crippen LogP contribution in [0.2, 0.25) is 5.02 Å². The zero-order chi connectivity index (χ0) is 18.7. The molecule has 0 spiro atoms. The summed E-state index contributed by atoms with van der Waals surface area (Å²) in [6.07, 6.45) is -0.717. The number of nitrogens with one attached hydrogen (secondary N) is 1. The van der Waals surface area contributed by atoms with Gasteiger partial charge in [0.2, 0.25) is 5.82 Å². The average molecular weight is 372 g/mol. The highest BCUT2D eigenvalue weighted by atomic mass is 35.5. The Morgan fingerprint density at radius 1 is 1.15 bits per heavy atom. The number of hydrogen-bond donors (Lipinski definition) is 1. The number of aryl methyl sites for hydroxylation is 1. The summed E-state index contributed by atoms with van der Waals surface area (Å²) >= 11 is 5.89. The first-order chi connectivity index (χ1) is 12.5. The number of aromatic nitrogens is 2. The quantitative estimate of drug-likeness (QED) is 0.718. The molecule has 0 aliphatic carbocycles. The van der Waals surface area contributed by atoms with E-state index >= 15 is 0 Å². The number of hydrogen-bond acceptors (Lipinski definition) is 5. The summed E-state index contributed by atoms with van der Waals surface area (Å²) in [5, 5.41) is 10.9. The summed E-state index contributed by atoms with van der Waals surface area (Å²) in [5.41, 5.74) is 3.25. The molecule has 134 valence electrons. The van der Waals surface area contributed by atoms with Gasteiger partial charge in [0.1, 0.15) is 5.75 Å². The summed E-state index contributed by atoms with van der Waals surface area (Å²) in [6.45, 7) is 5.62. The van der Waals surface area contributed by atoms with Crippen molar-refractivity contribution in [2.24, 2.45) is 0 Å². The van der Waals surface area contributed by atoms with E-state index in [4.69, 9.17) is 21.0 Å². The Bertz CT molecular complexity index is 922. The molecule has 3 rings (SSSR count). The normalized spacial score (nSPS) is 11.8. The number of carbonyl (C=O) groups is 1. The zero-order valence-electron chi connectivity index (χ0n) is 14.6. The van der Waals surface area contributed by atoms with Crippen LogP contribution in [0.4, 0.5) is 5.82 Å². The number of carbonyl (C=O) groups excluding carboxylic acids is 1. The van der Waals surface area contributed by atoms with E-state index in [2.05, 4.69) is 15.6 Å². The van der Waals surface area contributed by atoms with Crippen molar-refractivity contribution in [2.75, 3.05) is 5.32 Å². The molecule has 0 radical (unpaired) electrons. The average Bonchev–Trinajstić information content (AvgIpc) is 3.07. The van der Waals surface area contributed by atoms with Crippen molar-refractivity contribution in [2.45, 2.75) is 26.9 Å². The molecule has 3 aromatic rings. The molecule has 6 nitrogen and oxygen atoms in total. The van der Waals surface area contributed by atoms with Gasteiger partial charge in [-0.15, -0.1) is 0 Å². The maximum absolute atomic E-state index is 12.5. The summed E-state index contributed by atoms with van der Waals surface area (Å²) < 4.78 is 10.6. The highest BCUT2D eigenvalue weighted by Crippen LogP contribution is 2.26. The molecule has 1 heterocycles. The lowest BCUT2D eigenvalue weighted by Gasteiger charge is -2.16. The molecule has 0 aliphatic rings. The highest BCUT2D eigenvalue weighted by molar-refractivity contribution is 6.30. The molecule has 1 aromatic heterocycles. The summed E-state index contributed by atoms with van der Waals surface area (Å²) in [4.78, 5) is 12.5.